The minimum absolute atomic E-state index is 0. The maximum atomic E-state index is 9.00. The zero-order valence-corrected chi connectivity index (χ0v) is 2.36. The van der Waals surface area contributed by atoms with E-state index in [2.05, 4.69) is 0 Å². The van der Waals surface area contributed by atoms with E-state index in [1.54, 1.807) is 0 Å². The van der Waals surface area contributed by atoms with E-state index < -0.39 is 5.97 Å². The van der Waals surface area contributed by atoms with Crippen molar-refractivity contribution in [2.45, 2.75) is 6.92 Å². The van der Waals surface area contributed by atoms with Crippen LogP contribution in [0.2, 0.25) is 0 Å². The standard InChI is InChI=1S/C2H4O2.3Na.4H/c1-2(3)4;;;;;;;/h1H3,(H,3,4);;;;;;;. The van der Waals surface area contributed by atoms with E-state index in [0.29, 0.717) is 0 Å². The molecule has 5 heteroatoms. The average Bonchev–Trinajstić information content (AvgIpc) is 0.811. The molecule has 0 aromatic rings. The van der Waals surface area contributed by atoms with Gasteiger partial charge in [-0.1, -0.05) is 0 Å². The Morgan fingerprint density at radius 3 is 1.43 bits per heavy atom. The molecule has 0 aliphatic carbocycles. The third kappa shape index (κ3) is 58.1. The van der Waals surface area contributed by atoms with Crippen molar-refractivity contribution in [3.05, 3.63) is 0 Å². The fourth-order valence-corrected chi connectivity index (χ4v) is 0. The number of aliphatic carboxylic acids is 1. The van der Waals surface area contributed by atoms with Crippen LogP contribution >= 0.6 is 0 Å². The molecule has 1 N–H and O–H groups in total. The Morgan fingerprint density at radius 2 is 1.43 bits per heavy atom. The van der Waals surface area contributed by atoms with Crippen molar-refractivity contribution in [3.8, 4) is 0 Å². The van der Waals surface area contributed by atoms with Crippen molar-refractivity contribution in [1.29, 1.82) is 0 Å². The molecule has 1 radical (unpaired) electrons. The molecule has 31 valence electrons. The number of hydrogen-bond acceptors (Lipinski definition) is 1. The van der Waals surface area contributed by atoms with Crippen LogP contribution in [-0.2, 0) is 4.79 Å². The second kappa shape index (κ2) is 15.8. The Bertz CT molecular complexity index is 38.3. The molecule has 0 saturated carbocycles. The van der Waals surface area contributed by atoms with Crippen molar-refractivity contribution in [2.75, 3.05) is 0 Å². The Morgan fingerprint density at radius 1 is 1.43 bits per heavy atom. The summed E-state index contributed by atoms with van der Waals surface area (Å²) in [6.45, 7) is 1.08. The molecule has 0 rings (SSSR count). The van der Waals surface area contributed by atoms with E-state index in [-0.39, 0.29) is 90.1 Å². The molecule has 0 saturated heterocycles. The van der Waals surface area contributed by atoms with Crippen LogP contribution in [0.1, 0.15) is 8.35 Å². The summed E-state index contributed by atoms with van der Waals surface area (Å²) >= 11 is 0. The molecule has 2 nitrogen and oxygen atoms in total. The molecular formula is C2H8Na3O2. The van der Waals surface area contributed by atoms with Crippen molar-refractivity contribution < 1.29 is 11.3 Å². The molecule has 0 atom stereocenters. The maximum absolute atomic E-state index is 9.00. The van der Waals surface area contributed by atoms with Gasteiger partial charge in [-0.15, -0.1) is 0 Å². The molecule has 7 heavy (non-hydrogen) atoms. The van der Waals surface area contributed by atoms with E-state index in [0.717, 1.165) is 6.92 Å². The number of carbonyl (C=O) groups is 1. The zero-order chi connectivity index (χ0) is 3.58. The predicted molar refractivity (Wildman–Crippen MR) is 35.9 cm³/mol. The van der Waals surface area contributed by atoms with Crippen LogP contribution in [0.3, 0.4) is 0 Å². The van der Waals surface area contributed by atoms with Crippen LogP contribution in [0.4, 0.5) is 0 Å². The molecule has 0 amide bonds. The summed E-state index contributed by atoms with van der Waals surface area (Å²) in [4.78, 5) is 9.00. The summed E-state index contributed by atoms with van der Waals surface area (Å²) in [5, 5.41) is 7.42. The molecule has 0 unspecified atom stereocenters. The summed E-state index contributed by atoms with van der Waals surface area (Å²) < 4.78 is 0. The van der Waals surface area contributed by atoms with Gasteiger partial charge >= 0.3 is 88.7 Å². The van der Waals surface area contributed by atoms with Gasteiger partial charge in [0.05, 0.1) is 0 Å². The molecule has 0 aliphatic heterocycles. The van der Waals surface area contributed by atoms with Crippen LogP contribution in [-0.4, -0.2) is 99.7 Å². The van der Waals surface area contributed by atoms with Gasteiger partial charge in [-0.3, -0.25) is 4.79 Å². The van der Waals surface area contributed by atoms with Crippen LogP contribution in [0.5, 0.6) is 0 Å². The van der Waals surface area contributed by atoms with Gasteiger partial charge < -0.3 is 5.11 Å². The number of carboxylic acid groups (broad SMARTS) is 1. The first kappa shape index (κ1) is 22.7. The number of rotatable bonds is 0. The van der Waals surface area contributed by atoms with Crippen molar-refractivity contribution >= 4 is 94.6 Å². The van der Waals surface area contributed by atoms with E-state index in [1.807, 2.05) is 0 Å². The quantitative estimate of drug-likeness (QED) is 0.398. The van der Waals surface area contributed by atoms with Crippen molar-refractivity contribution in [1.82, 2.24) is 0 Å². The van der Waals surface area contributed by atoms with Crippen LogP contribution in [0, 0.1) is 0 Å². The van der Waals surface area contributed by atoms with Gasteiger partial charge in [0.2, 0.25) is 0 Å². The summed E-state index contributed by atoms with van der Waals surface area (Å²) in [5.74, 6) is -0.833. The Balaban J connectivity index is -0.00000000750. The fraction of sp³-hybridized carbons (Fsp3) is 0.500. The van der Waals surface area contributed by atoms with Crippen LogP contribution in [0.15, 0.2) is 0 Å². The molecule has 0 fully saturated rings. The van der Waals surface area contributed by atoms with E-state index in [1.165, 1.54) is 0 Å². The van der Waals surface area contributed by atoms with E-state index in [9.17, 15) is 0 Å². The van der Waals surface area contributed by atoms with Crippen molar-refractivity contribution in [2.24, 2.45) is 0 Å². The van der Waals surface area contributed by atoms with Gasteiger partial charge in [-0.05, 0) is 0 Å². The first-order chi connectivity index (χ1) is 1.73. The zero-order valence-electron chi connectivity index (χ0n) is 3.36. The Kier molecular flexibility index (Phi) is 51.2. The summed E-state index contributed by atoms with van der Waals surface area (Å²) in [6, 6.07) is 0. The molecule has 0 spiro atoms. The fourth-order valence-electron chi connectivity index (χ4n) is 0. The van der Waals surface area contributed by atoms with E-state index in [4.69, 9.17) is 9.90 Å². The summed E-state index contributed by atoms with van der Waals surface area (Å²) in [5.41, 5.74) is 0. The van der Waals surface area contributed by atoms with Crippen LogP contribution < -0.4 is 0 Å². The van der Waals surface area contributed by atoms with Gasteiger partial charge in [0.25, 0.3) is 5.97 Å². The first-order valence-corrected chi connectivity index (χ1v) is 0.928. The Hall–Kier alpha value is 2.47. The van der Waals surface area contributed by atoms with Gasteiger partial charge in [-0.25, -0.2) is 0 Å². The normalized spacial score (nSPS) is 3.57. The molecular weight excluding hydrogens is 125 g/mol. The SMILES string of the molecule is CC(=O)O.[H].[NaH].[NaH].[NaH]. The second-order valence-corrected chi connectivity index (χ2v) is 0.519. The molecule has 0 bridgehead atoms. The Labute approximate surface area is 111 Å². The van der Waals surface area contributed by atoms with Crippen LogP contribution in [0.25, 0.3) is 0 Å². The molecule has 0 aromatic carbocycles. The number of hydrogen-bond donors (Lipinski definition) is 1. The van der Waals surface area contributed by atoms with Gasteiger partial charge in [0.15, 0.2) is 0 Å². The van der Waals surface area contributed by atoms with Gasteiger partial charge in [0, 0.05) is 8.35 Å². The minimum atomic E-state index is -0.833. The topological polar surface area (TPSA) is 37.3 Å². The molecule has 0 heterocycles. The van der Waals surface area contributed by atoms with Crippen molar-refractivity contribution in [3.63, 3.8) is 0 Å². The monoisotopic (exact) mass is 133 g/mol. The molecule has 0 aromatic heterocycles. The predicted octanol–water partition coefficient (Wildman–Crippen LogP) is -1.74. The third-order valence-electron chi connectivity index (χ3n) is 0. The third-order valence-corrected chi connectivity index (χ3v) is 0. The summed E-state index contributed by atoms with van der Waals surface area (Å²) in [7, 11) is 0. The van der Waals surface area contributed by atoms with E-state index >= 15 is 0 Å². The van der Waals surface area contributed by atoms with Gasteiger partial charge in [-0.2, -0.15) is 0 Å². The van der Waals surface area contributed by atoms with Gasteiger partial charge in [0.1, 0.15) is 0 Å². The summed E-state index contributed by atoms with van der Waals surface area (Å²) in [6.07, 6.45) is 0. The average molecular weight is 133 g/mol. The second-order valence-electron chi connectivity index (χ2n) is 0.519. The first-order valence-electron chi connectivity index (χ1n) is 0.928. The molecule has 0 aliphatic rings. The number of carboxylic acids is 1.